The summed E-state index contributed by atoms with van der Waals surface area (Å²) in [6.07, 6.45) is 4.13. The quantitative estimate of drug-likeness (QED) is 0.460. The third kappa shape index (κ3) is 4.97. The van der Waals surface area contributed by atoms with E-state index in [0.29, 0.717) is 12.3 Å². The molecule has 4 N–H and O–H groups in total. The van der Waals surface area contributed by atoms with E-state index in [9.17, 15) is 0 Å². The van der Waals surface area contributed by atoms with Gasteiger partial charge in [-0.1, -0.05) is 37.3 Å². The molecule has 0 amide bonds. The van der Waals surface area contributed by atoms with Crippen LogP contribution in [0.4, 0.5) is 0 Å². The van der Waals surface area contributed by atoms with Gasteiger partial charge >= 0.3 is 0 Å². The first kappa shape index (κ1) is 13.0. The van der Waals surface area contributed by atoms with E-state index in [1.807, 2.05) is 37.3 Å². The Kier molecular flexibility index (Phi) is 5.51. The van der Waals surface area contributed by atoms with Crippen molar-refractivity contribution in [1.82, 2.24) is 0 Å². The van der Waals surface area contributed by atoms with E-state index >= 15 is 0 Å². The molecule has 1 rings (SSSR count). The minimum atomic E-state index is 0.584. The fourth-order valence-corrected chi connectivity index (χ4v) is 1.23. The van der Waals surface area contributed by atoms with Gasteiger partial charge in [0.05, 0.1) is 6.54 Å². The molecule has 4 heteroatoms. The molecule has 0 aliphatic carbocycles. The highest BCUT2D eigenvalue weighted by atomic mass is 15.1. The molecular weight excluding hydrogens is 212 g/mol. The van der Waals surface area contributed by atoms with E-state index in [-0.39, 0.29) is 0 Å². The molecule has 0 saturated carbocycles. The van der Waals surface area contributed by atoms with E-state index in [0.717, 1.165) is 17.7 Å². The minimum absolute atomic E-state index is 0.584. The number of hydrogen-bond acceptors (Lipinski definition) is 4. The summed E-state index contributed by atoms with van der Waals surface area (Å²) in [6.45, 7) is 2.58. The van der Waals surface area contributed by atoms with Crippen molar-refractivity contribution >= 4 is 11.9 Å². The van der Waals surface area contributed by atoms with Crippen LogP contribution in [0.2, 0.25) is 0 Å². The molecule has 1 aromatic rings. The highest BCUT2D eigenvalue weighted by Gasteiger charge is 1.92. The summed E-state index contributed by atoms with van der Waals surface area (Å²) in [5, 5.41) is 3.62. The lowest BCUT2D eigenvalue weighted by Crippen LogP contribution is -2.05. The molecule has 0 unspecified atom stereocenters. The number of hydrazone groups is 1. The summed E-state index contributed by atoms with van der Waals surface area (Å²) in [7, 11) is 0. The monoisotopic (exact) mass is 230 g/mol. The van der Waals surface area contributed by atoms with Crippen molar-refractivity contribution in [1.29, 1.82) is 0 Å². The first-order valence-corrected chi connectivity index (χ1v) is 5.54. The number of aliphatic imine (C=N–C) groups is 1. The van der Waals surface area contributed by atoms with Gasteiger partial charge in [0.15, 0.2) is 0 Å². The van der Waals surface area contributed by atoms with Crippen LogP contribution in [-0.4, -0.2) is 11.9 Å². The van der Waals surface area contributed by atoms with Crippen molar-refractivity contribution in [2.24, 2.45) is 21.7 Å². The minimum Gasteiger partial charge on any atom is -0.402 e. The average Bonchev–Trinajstić information content (AvgIpc) is 2.38. The number of nitrogens with zero attached hydrogens (tertiary/aromatic N) is 2. The van der Waals surface area contributed by atoms with Crippen molar-refractivity contribution in [2.45, 2.75) is 19.9 Å². The standard InChI is InChI=1S/C13H18N4/c1-2-12(14)8-13(17-15)10-16-9-11-6-4-3-5-7-11/h3-8,10H,2,9,14-15H2,1H3/b12-8+,16-10?,17-13?. The van der Waals surface area contributed by atoms with Gasteiger partial charge in [0.2, 0.25) is 0 Å². The summed E-state index contributed by atoms with van der Waals surface area (Å²) in [4.78, 5) is 4.26. The van der Waals surface area contributed by atoms with Crippen LogP contribution in [-0.2, 0) is 6.54 Å². The molecule has 1 aromatic carbocycles. The first-order chi connectivity index (χ1) is 8.26. The Morgan fingerprint density at radius 1 is 1.29 bits per heavy atom. The molecule has 17 heavy (non-hydrogen) atoms. The lowest BCUT2D eigenvalue weighted by atomic mass is 10.2. The second-order valence-electron chi connectivity index (χ2n) is 3.58. The molecule has 0 fully saturated rings. The van der Waals surface area contributed by atoms with Crippen molar-refractivity contribution < 1.29 is 0 Å². The molecule has 0 atom stereocenters. The molecule has 0 aliphatic heterocycles. The third-order valence-electron chi connectivity index (χ3n) is 2.23. The van der Waals surface area contributed by atoms with Gasteiger partial charge in [-0.2, -0.15) is 5.10 Å². The van der Waals surface area contributed by atoms with E-state index in [4.69, 9.17) is 11.6 Å². The molecule has 0 radical (unpaired) electrons. The van der Waals surface area contributed by atoms with E-state index in [1.165, 1.54) is 0 Å². The van der Waals surface area contributed by atoms with Crippen LogP contribution in [0.5, 0.6) is 0 Å². The number of nitrogens with two attached hydrogens (primary N) is 2. The van der Waals surface area contributed by atoms with Crippen LogP contribution in [0.3, 0.4) is 0 Å². The zero-order valence-electron chi connectivity index (χ0n) is 10.0. The molecule has 0 aliphatic rings. The summed E-state index contributed by atoms with van der Waals surface area (Å²) >= 11 is 0. The highest BCUT2D eigenvalue weighted by molar-refractivity contribution is 6.35. The van der Waals surface area contributed by atoms with Crippen LogP contribution in [0.15, 0.2) is 52.2 Å². The van der Waals surface area contributed by atoms with E-state index in [1.54, 1.807) is 12.3 Å². The predicted molar refractivity (Wildman–Crippen MR) is 72.8 cm³/mol. The summed E-state index contributed by atoms with van der Waals surface area (Å²) in [6, 6.07) is 9.99. The lowest BCUT2D eigenvalue weighted by Gasteiger charge is -1.97. The molecule has 0 spiro atoms. The molecule has 90 valence electrons. The number of hydrogen-bond donors (Lipinski definition) is 2. The summed E-state index contributed by atoms with van der Waals surface area (Å²) in [5.41, 5.74) is 8.16. The Labute approximate surface area is 102 Å². The largest absolute Gasteiger partial charge is 0.402 e. The molecule has 4 nitrogen and oxygen atoms in total. The molecule has 0 saturated heterocycles. The van der Waals surface area contributed by atoms with Crippen molar-refractivity contribution in [2.75, 3.05) is 0 Å². The Morgan fingerprint density at radius 2 is 2.00 bits per heavy atom. The lowest BCUT2D eigenvalue weighted by molar-refractivity contribution is 1.07. The van der Waals surface area contributed by atoms with Gasteiger partial charge in [-0.05, 0) is 18.1 Å². The fourth-order valence-electron chi connectivity index (χ4n) is 1.23. The van der Waals surface area contributed by atoms with Crippen molar-refractivity contribution in [3.05, 3.63) is 47.7 Å². The van der Waals surface area contributed by atoms with E-state index < -0.39 is 0 Å². The maximum Gasteiger partial charge on any atom is 0.102 e. The second-order valence-corrected chi connectivity index (χ2v) is 3.58. The van der Waals surface area contributed by atoms with Gasteiger partial charge in [-0.25, -0.2) is 0 Å². The molecular formula is C13H18N4. The fraction of sp³-hybridized carbons (Fsp3) is 0.231. The normalized spacial score (nSPS) is 13.2. The van der Waals surface area contributed by atoms with Crippen LogP contribution in [0.25, 0.3) is 0 Å². The van der Waals surface area contributed by atoms with Gasteiger partial charge in [0.1, 0.15) is 5.71 Å². The predicted octanol–water partition coefficient (Wildman–Crippen LogP) is 1.82. The van der Waals surface area contributed by atoms with Crippen LogP contribution < -0.4 is 11.6 Å². The van der Waals surface area contributed by atoms with Crippen molar-refractivity contribution in [3.8, 4) is 0 Å². The second kappa shape index (κ2) is 7.22. The van der Waals surface area contributed by atoms with Crippen LogP contribution in [0, 0.1) is 0 Å². The maximum absolute atomic E-state index is 5.70. The molecule has 0 aromatic heterocycles. The number of rotatable bonds is 5. The highest BCUT2D eigenvalue weighted by Crippen LogP contribution is 1.99. The van der Waals surface area contributed by atoms with Gasteiger partial charge in [0.25, 0.3) is 0 Å². The first-order valence-electron chi connectivity index (χ1n) is 5.54. The summed E-state index contributed by atoms with van der Waals surface area (Å²) in [5.74, 6) is 5.25. The number of allylic oxidation sites excluding steroid dienone is 2. The average molecular weight is 230 g/mol. The topological polar surface area (TPSA) is 76.8 Å². The van der Waals surface area contributed by atoms with Crippen LogP contribution in [0.1, 0.15) is 18.9 Å². The van der Waals surface area contributed by atoms with Gasteiger partial charge < -0.3 is 11.6 Å². The van der Waals surface area contributed by atoms with Gasteiger partial charge in [0, 0.05) is 11.9 Å². The Bertz CT molecular complexity index is 418. The van der Waals surface area contributed by atoms with E-state index in [2.05, 4.69) is 10.1 Å². The summed E-state index contributed by atoms with van der Waals surface area (Å²) < 4.78 is 0. The number of benzene rings is 1. The maximum atomic E-state index is 5.70. The zero-order chi connectivity index (χ0) is 12.5. The molecule has 0 heterocycles. The molecule has 0 bridgehead atoms. The van der Waals surface area contributed by atoms with Crippen molar-refractivity contribution in [3.63, 3.8) is 0 Å². The zero-order valence-corrected chi connectivity index (χ0v) is 10.0. The third-order valence-corrected chi connectivity index (χ3v) is 2.23. The Balaban J connectivity index is 2.58. The Hall–Kier alpha value is -2.10. The van der Waals surface area contributed by atoms with Crippen LogP contribution >= 0.6 is 0 Å². The van der Waals surface area contributed by atoms with Gasteiger partial charge in [-0.15, -0.1) is 0 Å². The Morgan fingerprint density at radius 3 is 2.59 bits per heavy atom. The SMILES string of the molecule is CC/C(N)=C\C(C=NCc1ccccc1)=NN. The van der Waals surface area contributed by atoms with Gasteiger partial charge in [-0.3, -0.25) is 4.99 Å². The smallest absolute Gasteiger partial charge is 0.102 e.